The minimum absolute atomic E-state index is 0.276. The highest BCUT2D eigenvalue weighted by molar-refractivity contribution is 5.88. The Bertz CT molecular complexity index is 785. The molecule has 0 spiro atoms. The predicted octanol–water partition coefficient (Wildman–Crippen LogP) is 3.65. The van der Waals surface area contributed by atoms with Crippen LogP contribution < -0.4 is 5.32 Å². The molecule has 1 saturated heterocycles. The number of hydrogen-bond donors (Lipinski definition) is 2. The Morgan fingerprint density at radius 2 is 2.31 bits per heavy atom. The Labute approximate surface area is 155 Å². The van der Waals surface area contributed by atoms with Gasteiger partial charge in [-0.3, -0.25) is 0 Å². The number of carbonyl (C=O) groups is 1. The molecule has 2 N–H and O–H groups in total. The molecule has 26 heavy (non-hydrogen) atoms. The van der Waals surface area contributed by atoms with E-state index < -0.39 is 0 Å². The van der Waals surface area contributed by atoms with E-state index in [0.29, 0.717) is 31.0 Å². The second-order valence-corrected chi connectivity index (χ2v) is 7.87. The molecule has 1 amide bonds. The number of ether oxygens (including phenoxy) is 1. The number of benzene rings is 1. The molecule has 5 heteroatoms. The average molecular weight is 355 g/mol. The van der Waals surface area contributed by atoms with Gasteiger partial charge < -0.3 is 19.9 Å². The number of rotatable bonds is 5. The highest BCUT2D eigenvalue weighted by Gasteiger charge is 2.39. The lowest BCUT2D eigenvalue weighted by Gasteiger charge is -2.45. The Morgan fingerprint density at radius 3 is 3.15 bits per heavy atom. The van der Waals surface area contributed by atoms with Crippen LogP contribution in [0.5, 0.6) is 0 Å². The van der Waals surface area contributed by atoms with Gasteiger partial charge in [0.05, 0.1) is 6.61 Å². The fourth-order valence-electron chi connectivity index (χ4n) is 4.79. The number of carbonyl (C=O) groups excluding carboxylic acids is 1. The van der Waals surface area contributed by atoms with Gasteiger partial charge in [0.15, 0.2) is 0 Å². The van der Waals surface area contributed by atoms with Crippen molar-refractivity contribution in [1.29, 1.82) is 0 Å². The zero-order chi connectivity index (χ0) is 18.1. The number of H-pyrrole nitrogens is 1. The van der Waals surface area contributed by atoms with Crippen LogP contribution in [0.3, 0.4) is 0 Å². The van der Waals surface area contributed by atoms with Crippen LogP contribution >= 0.6 is 0 Å². The van der Waals surface area contributed by atoms with Crippen molar-refractivity contribution in [3.8, 4) is 0 Å². The molecule has 0 radical (unpaired) electrons. The number of likely N-dealkylation sites (N-methyl/N-ethyl adjacent to an activating group) is 1. The number of fused-ring (bicyclic) bond motifs is 2. The van der Waals surface area contributed by atoms with Gasteiger partial charge in [-0.1, -0.05) is 25.5 Å². The fourth-order valence-corrected chi connectivity index (χ4v) is 4.79. The molecule has 1 fully saturated rings. The maximum absolute atomic E-state index is 11.9. The third-order valence-electron chi connectivity index (χ3n) is 6.08. The Morgan fingerprint density at radius 1 is 1.42 bits per heavy atom. The molecule has 1 aliphatic carbocycles. The molecule has 0 unspecified atom stereocenters. The highest BCUT2D eigenvalue weighted by Crippen LogP contribution is 2.44. The van der Waals surface area contributed by atoms with Crippen molar-refractivity contribution in [2.24, 2.45) is 5.92 Å². The van der Waals surface area contributed by atoms with E-state index in [4.69, 9.17) is 4.74 Å². The van der Waals surface area contributed by atoms with Gasteiger partial charge in [0.2, 0.25) is 0 Å². The number of aromatic nitrogens is 1. The van der Waals surface area contributed by atoms with Crippen molar-refractivity contribution >= 4 is 17.0 Å². The Kier molecular flexibility index (Phi) is 4.90. The first-order chi connectivity index (χ1) is 12.7. The van der Waals surface area contributed by atoms with Crippen LogP contribution in [0.2, 0.25) is 0 Å². The van der Waals surface area contributed by atoms with Gasteiger partial charge in [-0.15, -0.1) is 0 Å². The number of likely N-dealkylation sites (tertiary alicyclic amines) is 1. The third kappa shape index (κ3) is 3.20. The van der Waals surface area contributed by atoms with Gasteiger partial charge in [-0.05, 0) is 49.4 Å². The van der Waals surface area contributed by atoms with Gasteiger partial charge in [0.25, 0.3) is 0 Å². The number of piperidine rings is 1. The van der Waals surface area contributed by atoms with Crippen LogP contribution in [-0.2, 0) is 11.2 Å². The van der Waals surface area contributed by atoms with Crippen molar-refractivity contribution in [3.05, 3.63) is 35.5 Å². The number of alkyl carbamates (subject to hydrolysis) is 1. The third-order valence-corrected chi connectivity index (χ3v) is 6.08. The zero-order valence-electron chi connectivity index (χ0n) is 15.8. The second-order valence-electron chi connectivity index (χ2n) is 7.87. The zero-order valence-corrected chi connectivity index (χ0v) is 15.8. The van der Waals surface area contributed by atoms with Crippen LogP contribution in [0.4, 0.5) is 4.79 Å². The summed E-state index contributed by atoms with van der Waals surface area (Å²) in [6, 6.07) is 7.17. The van der Waals surface area contributed by atoms with E-state index in [2.05, 4.69) is 53.6 Å². The summed E-state index contributed by atoms with van der Waals surface area (Å²) in [6.07, 6.45) is 6.09. The van der Waals surface area contributed by atoms with E-state index in [1.165, 1.54) is 22.0 Å². The molecule has 4 rings (SSSR count). The summed E-state index contributed by atoms with van der Waals surface area (Å²) in [4.78, 5) is 17.8. The monoisotopic (exact) mass is 355 g/mol. The summed E-state index contributed by atoms with van der Waals surface area (Å²) in [7, 11) is 2.22. The molecule has 1 aliphatic heterocycles. The number of nitrogens with zero attached hydrogens (tertiary/aromatic N) is 1. The van der Waals surface area contributed by atoms with Crippen LogP contribution in [0.1, 0.15) is 43.2 Å². The van der Waals surface area contributed by atoms with Gasteiger partial charge >= 0.3 is 6.09 Å². The van der Waals surface area contributed by atoms with Gasteiger partial charge in [0, 0.05) is 42.1 Å². The summed E-state index contributed by atoms with van der Waals surface area (Å²) >= 11 is 0. The van der Waals surface area contributed by atoms with Gasteiger partial charge in [-0.2, -0.15) is 0 Å². The molecule has 2 heterocycles. The molecular formula is C21H29N3O2. The highest BCUT2D eigenvalue weighted by atomic mass is 16.5. The molecule has 0 saturated carbocycles. The summed E-state index contributed by atoms with van der Waals surface area (Å²) in [5.41, 5.74) is 4.16. The van der Waals surface area contributed by atoms with E-state index in [1.54, 1.807) is 0 Å². The number of aromatic amines is 1. The molecule has 140 valence electrons. The summed E-state index contributed by atoms with van der Waals surface area (Å²) in [6.45, 7) is 4.31. The lowest BCUT2D eigenvalue weighted by atomic mass is 9.72. The first-order valence-corrected chi connectivity index (χ1v) is 9.87. The fraction of sp³-hybridized carbons (Fsp3) is 0.571. The van der Waals surface area contributed by atoms with E-state index >= 15 is 0 Å². The largest absolute Gasteiger partial charge is 0.450 e. The average Bonchev–Trinajstić information content (AvgIpc) is 3.06. The molecule has 3 atom stereocenters. The van der Waals surface area contributed by atoms with Crippen molar-refractivity contribution in [3.63, 3.8) is 0 Å². The number of hydrogen-bond acceptors (Lipinski definition) is 3. The molecule has 1 aromatic carbocycles. The number of unbranched alkanes of at least 4 members (excludes halogenated alkanes) is 1. The number of nitrogens with one attached hydrogen (secondary N) is 2. The molecule has 0 bridgehead atoms. The molecule has 1 aromatic heterocycles. The first kappa shape index (κ1) is 17.4. The van der Waals surface area contributed by atoms with Crippen LogP contribution in [0.15, 0.2) is 24.4 Å². The van der Waals surface area contributed by atoms with Crippen molar-refractivity contribution < 1.29 is 9.53 Å². The maximum Gasteiger partial charge on any atom is 0.407 e. The summed E-state index contributed by atoms with van der Waals surface area (Å²) in [5.74, 6) is 0.986. The maximum atomic E-state index is 11.9. The standard InChI is InChI=1S/C21H29N3O2/c1-3-4-8-26-21(25)23-11-14-9-17-16-6-5-7-18-20(16)15(12-22-18)10-19(17)24(2)13-14/h5-7,12,14,17,19,22H,3-4,8-11,13H2,1-2H3,(H,23,25)/t14-,17+,19+/m0/s1. The molecule has 5 nitrogen and oxygen atoms in total. The molecule has 2 aliphatic rings. The minimum atomic E-state index is -0.276. The Hall–Kier alpha value is -2.01. The lowest BCUT2D eigenvalue weighted by Crippen LogP contribution is -2.50. The van der Waals surface area contributed by atoms with Crippen LogP contribution in [0, 0.1) is 5.92 Å². The predicted molar refractivity (Wildman–Crippen MR) is 104 cm³/mol. The van der Waals surface area contributed by atoms with E-state index in [0.717, 1.165) is 32.2 Å². The van der Waals surface area contributed by atoms with Crippen molar-refractivity contribution in [2.45, 2.75) is 44.6 Å². The second kappa shape index (κ2) is 7.31. The summed E-state index contributed by atoms with van der Waals surface area (Å²) in [5, 5.41) is 4.40. The topological polar surface area (TPSA) is 57.4 Å². The smallest absolute Gasteiger partial charge is 0.407 e. The minimum Gasteiger partial charge on any atom is -0.450 e. The van der Waals surface area contributed by atoms with Crippen LogP contribution in [0.25, 0.3) is 10.9 Å². The lowest BCUT2D eigenvalue weighted by molar-refractivity contribution is 0.105. The van der Waals surface area contributed by atoms with Crippen molar-refractivity contribution in [1.82, 2.24) is 15.2 Å². The van der Waals surface area contributed by atoms with E-state index in [-0.39, 0.29) is 6.09 Å². The SMILES string of the molecule is CCCCOC(=O)NC[C@@H]1C[C@@H]2c3cccc4[nH]cc(c34)C[C@H]2N(C)C1. The van der Waals surface area contributed by atoms with E-state index in [1.807, 2.05) is 0 Å². The Balaban J connectivity index is 1.45. The molecular weight excluding hydrogens is 326 g/mol. The number of amides is 1. The van der Waals surface area contributed by atoms with Crippen molar-refractivity contribution in [2.75, 3.05) is 26.7 Å². The quantitative estimate of drug-likeness (QED) is 0.805. The van der Waals surface area contributed by atoms with E-state index in [9.17, 15) is 4.79 Å². The normalized spacial score (nSPS) is 25.1. The first-order valence-electron chi connectivity index (χ1n) is 9.87. The van der Waals surface area contributed by atoms with Gasteiger partial charge in [0.1, 0.15) is 0 Å². The van der Waals surface area contributed by atoms with Crippen LogP contribution in [-0.4, -0.2) is 48.8 Å². The molecule has 2 aromatic rings. The van der Waals surface area contributed by atoms with Gasteiger partial charge in [-0.25, -0.2) is 4.79 Å². The summed E-state index contributed by atoms with van der Waals surface area (Å²) < 4.78 is 5.22.